The van der Waals surface area contributed by atoms with E-state index in [1.54, 1.807) is 27.7 Å². The molecule has 3 N–H and O–H groups in total. The molecule has 0 saturated heterocycles. The molecule has 1 rings (SSSR count). The molecule has 8 heteroatoms. The maximum Gasteiger partial charge on any atom is 0.408 e. The number of anilines is 1. The molecule has 0 radical (unpaired) electrons. The number of aliphatic hydroxyl groups excluding tert-OH is 1. The molecule has 1 aromatic carbocycles. The summed E-state index contributed by atoms with van der Waals surface area (Å²) in [5.41, 5.74) is 0.993. The predicted molar refractivity (Wildman–Crippen MR) is 105 cm³/mol. The fourth-order valence-electron chi connectivity index (χ4n) is 2.17. The lowest BCUT2D eigenvalue weighted by Crippen LogP contribution is -2.45. The minimum Gasteiger partial charge on any atom is -0.464 e. The molecule has 0 heterocycles. The Kier molecular flexibility index (Phi) is 9.38. The number of carbonyl (C=O) groups excluding carboxylic acids is 2. The number of hydrogen-bond acceptors (Lipinski definition) is 6. The van der Waals surface area contributed by atoms with Gasteiger partial charge in [-0.2, -0.15) is 0 Å². The smallest absolute Gasteiger partial charge is 0.408 e. The topological polar surface area (TPSA) is 96.9 Å². The summed E-state index contributed by atoms with van der Waals surface area (Å²) in [6.45, 7) is 7.51. The summed E-state index contributed by atoms with van der Waals surface area (Å²) >= 11 is 5.56. The second-order valence-corrected chi connectivity index (χ2v) is 7.35. The summed E-state index contributed by atoms with van der Waals surface area (Å²) in [6, 6.07) is 6.46. The molecule has 2 atom stereocenters. The van der Waals surface area contributed by atoms with Gasteiger partial charge in [0, 0.05) is 18.7 Å². The molecule has 0 fully saturated rings. The van der Waals surface area contributed by atoms with Gasteiger partial charge in [-0.3, -0.25) is 0 Å². The number of alkyl halides is 1. The van der Waals surface area contributed by atoms with Crippen LogP contribution in [-0.2, 0) is 20.7 Å². The number of esters is 1. The molecule has 27 heavy (non-hydrogen) atoms. The van der Waals surface area contributed by atoms with Gasteiger partial charge in [-0.05, 0) is 45.4 Å². The Hall–Kier alpha value is -1.99. The molecule has 7 nitrogen and oxygen atoms in total. The van der Waals surface area contributed by atoms with Gasteiger partial charge in [0.25, 0.3) is 0 Å². The number of ether oxygens (including phenoxy) is 2. The van der Waals surface area contributed by atoms with Crippen molar-refractivity contribution in [2.75, 3.05) is 24.3 Å². The molecule has 0 aliphatic heterocycles. The van der Waals surface area contributed by atoms with Crippen molar-refractivity contribution in [1.29, 1.82) is 0 Å². The Bertz CT molecular complexity index is 601. The van der Waals surface area contributed by atoms with Crippen molar-refractivity contribution in [1.82, 2.24) is 5.32 Å². The van der Waals surface area contributed by atoms with Crippen LogP contribution in [0.2, 0.25) is 0 Å². The van der Waals surface area contributed by atoms with Crippen molar-refractivity contribution in [2.45, 2.75) is 51.9 Å². The first-order valence-corrected chi connectivity index (χ1v) is 9.41. The lowest BCUT2D eigenvalue weighted by molar-refractivity contribution is -0.145. The van der Waals surface area contributed by atoms with Crippen LogP contribution in [0, 0.1) is 0 Å². The Morgan fingerprint density at radius 2 is 1.85 bits per heavy atom. The molecule has 0 spiro atoms. The molecule has 2 unspecified atom stereocenters. The zero-order valence-corrected chi connectivity index (χ0v) is 17.0. The van der Waals surface area contributed by atoms with E-state index in [9.17, 15) is 14.7 Å². The third-order valence-electron chi connectivity index (χ3n) is 3.38. The van der Waals surface area contributed by atoms with Crippen molar-refractivity contribution < 1.29 is 24.2 Å². The van der Waals surface area contributed by atoms with E-state index in [0.717, 1.165) is 11.3 Å². The molecule has 152 valence electrons. The van der Waals surface area contributed by atoms with Crippen LogP contribution in [0.25, 0.3) is 0 Å². The van der Waals surface area contributed by atoms with Crippen LogP contribution in [0.4, 0.5) is 10.5 Å². The third kappa shape index (κ3) is 9.49. The highest BCUT2D eigenvalue weighted by molar-refractivity contribution is 6.18. The van der Waals surface area contributed by atoms with E-state index in [-0.39, 0.29) is 18.9 Å². The van der Waals surface area contributed by atoms with Crippen molar-refractivity contribution in [3.05, 3.63) is 29.8 Å². The Balaban J connectivity index is 2.74. The molecule has 0 bridgehead atoms. The van der Waals surface area contributed by atoms with Gasteiger partial charge in [0.15, 0.2) is 0 Å². The van der Waals surface area contributed by atoms with Crippen molar-refractivity contribution in [3.8, 4) is 0 Å². The molecule has 0 saturated carbocycles. The van der Waals surface area contributed by atoms with Crippen LogP contribution < -0.4 is 10.6 Å². The maximum absolute atomic E-state index is 12.2. The maximum atomic E-state index is 12.2. The van der Waals surface area contributed by atoms with Crippen molar-refractivity contribution >= 4 is 29.4 Å². The fraction of sp³-hybridized carbons (Fsp3) is 0.579. The largest absolute Gasteiger partial charge is 0.464 e. The summed E-state index contributed by atoms with van der Waals surface area (Å²) in [6.07, 6.45) is -1.03. The molecule has 0 aliphatic carbocycles. The predicted octanol–water partition coefficient (Wildman–Crippen LogP) is 2.70. The minimum absolute atomic E-state index is 0.155. The van der Waals surface area contributed by atoms with Crippen molar-refractivity contribution in [3.63, 3.8) is 0 Å². The highest BCUT2D eigenvalue weighted by Crippen LogP contribution is 2.13. The fourth-order valence-corrected chi connectivity index (χ4v) is 2.28. The Labute approximate surface area is 165 Å². The van der Waals surface area contributed by atoms with E-state index in [2.05, 4.69) is 10.6 Å². The van der Waals surface area contributed by atoms with Gasteiger partial charge in [-0.25, -0.2) is 9.59 Å². The van der Waals surface area contributed by atoms with Gasteiger partial charge in [0.05, 0.1) is 18.6 Å². The van der Waals surface area contributed by atoms with Gasteiger partial charge >= 0.3 is 12.1 Å². The molecule has 1 aromatic rings. The van der Waals surface area contributed by atoms with E-state index in [4.69, 9.17) is 21.1 Å². The van der Waals surface area contributed by atoms with Crippen LogP contribution in [0.1, 0.15) is 33.3 Å². The number of aliphatic hydroxyl groups is 1. The van der Waals surface area contributed by atoms with Crippen LogP contribution in [0.15, 0.2) is 24.3 Å². The lowest BCUT2D eigenvalue weighted by atomic mass is 10.1. The summed E-state index contributed by atoms with van der Waals surface area (Å²) in [5.74, 6) is -0.362. The highest BCUT2D eigenvalue weighted by atomic mass is 35.5. The molecule has 0 aromatic heterocycles. The normalized spacial score (nSPS) is 13.4. The van der Waals surface area contributed by atoms with Gasteiger partial charge in [-0.15, -0.1) is 11.6 Å². The monoisotopic (exact) mass is 400 g/mol. The van der Waals surface area contributed by atoms with E-state index < -0.39 is 29.8 Å². The molecular weight excluding hydrogens is 372 g/mol. The van der Waals surface area contributed by atoms with Gasteiger partial charge < -0.3 is 25.2 Å². The first kappa shape index (κ1) is 23.0. The third-order valence-corrected chi connectivity index (χ3v) is 3.73. The average Bonchev–Trinajstić information content (AvgIpc) is 2.58. The number of hydrogen-bond donors (Lipinski definition) is 3. The number of amides is 1. The molecule has 1 amide bonds. The standard InChI is InChI=1S/C19H29ClN2O5/c1-5-26-17(24)16(22-18(25)27-19(2,3)4)10-13-6-8-14(9-7-13)21-12-15(23)11-20/h6-9,15-16,21,23H,5,10-12H2,1-4H3,(H,22,25). The summed E-state index contributed by atoms with van der Waals surface area (Å²) in [4.78, 5) is 24.2. The zero-order chi connectivity index (χ0) is 20.4. The van der Waals surface area contributed by atoms with Crippen LogP contribution in [0.5, 0.6) is 0 Å². The van der Waals surface area contributed by atoms with E-state index >= 15 is 0 Å². The second kappa shape index (κ2) is 11.0. The Morgan fingerprint density at radius 3 is 2.37 bits per heavy atom. The van der Waals surface area contributed by atoms with Crippen LogP contribution >= 0.6 is 11.6 Å². The molecule has 0 aliphatic rings. The Morgan fingerprint density at radius 1 is 1.22 bits per heavy atom. The summed E-state index contributed by atoms with van der Waals surface area (Å²) < 4.78 is 10.3. The highest BCUT2D eigenvalue weighted by Gasteiger charge is 2.25. The second-order valence-electron chi connectivity index (χ2n) is 7.04. The SMILES string of the molecule is CCOC(=O)C(Cc1ccc(NCC(O)CCl)cc1)NC(=O)OC(C)(C)C. The average molecular weight is 401 g/mol. The van der Waals surface area contributed by atoms with Gasteiger partial charge in [0.2, 0.25) is 0 Å². The summed E-state index contributed by atoms with van der Waals surface area (Å²) in [7, 11) is 0. The minimum atomic E-state index is -0.850. The number of halogens is 1. The lowest BCUT2D eigenvalue weighted by Gasteiger charge is -2.23. The van der Waals surface area contributed by atoms with Crippen molar-refractivity contribution in [2.24, 2.45) is 0 Å². The number of benzene rings is 1. The van der Waals surface area contributed by atoms with E-state index in [0.29, 0.717) is 6.54 Å². The summed E-state index contributed by atoms with van der Waals surface area (Å²) in [5, 5.41) is 15.1. The number of alkyl carbamates (subject to hydrolysis) is 1. The van der Waals surface area contributed by atoms with Gasteiger partial charge in [-0.1, -0.05) is 12.1 Å². The number of rotatable bonds is 9. The first-order chi connectivity index (χ1) is 12.6. The van der Waals surface area contributed by atoms with E-state index in [1.165, 1.54) is 0 Å². The van der Waals surface area contributed by atoms with E-state index in [1.807, 2.05) is 24.3 Å². The van der Waals surface area contributed by atoms with Gasteiger partial charge in [0.1, 0.15) is 11.6 Å². The number of nitrogens with one attached hydrogen (secondary N) is 2. The zero-order valence-electron chi connectivity index (χ0n) is 16.3. The number of carbonyl (C=O) groups is 2. The first-order valence-electron chi connectivity index (χ1n) is 8.87. The van der Waals surface area contributed by atoms with Crippen LogP contribution in [-0.4, -0.2) is 53.9 Å². The quantitative estimate of drug-likeness (QED) is 0.435. The molecular formula is C19H29ClN2O5. The van der Waals surface area contributed by atoms with Crippen LogP contribution in [0.3, 0.4) is 0 Å².